The Morgan fingerprint density at radius 3 is 2.45 bits per heavy atom. The number of carbonyl (C=O) groups excluding carboxylic acids is 1. The highest BCUT2D eigenvalue weighted by atomic mass is 35.5. The summed E-state index contributed by atoms with van der Waals surface area (Å²) >= 11 is 12.5. The van der Waals surface area contributed by atoms with Gasteiger partial charge in [0.15, 0.2) is 0 Å². The molecule has 1 aliphatic carbocycles. The standard InChI is InChI=1S/C15H13Cl2NO2/c16-15(17)10-14(15,11-5-2-1-3-6-11)13(19)18-9-12-7-4-8-20-12/h1-8H,9-10H2,(H,18,19)/t14-/m0/s1. The van der Waals surface area contributed by atoms with Gasteiger partial charge < -0.3 is 9.73 Å². The number of rotatable bonds is 4. The van der Waals surface area contributed by atoms with Crippen LogP contribution in [0.25, 0.3) is 0 Å². The van der Waals surface area contributed by atoms with Crippen molar-refractivity contribution in [2.45, 2.75) is 22.7 Å². The molecule has 0 aliphatic heterocycles. The van der Waals surface area contributed by atoms with E-state index in [1.54, 1.807) is 18.4 Å². The van der Waals surface area contributed by atoms with Gasteiger partial charge in [0.05, 0.1) is 12.8 Å². The van der Waals surface area contributed by atoms with Crippen molar-refractivity contribution in [1.29, 1.82) is 0 Å². The molecular weight excluding hydrogens is 297 g/mol. The molecule has 3 nitrogen and oxygen atoms in total. The molecule has 0 bridgehead atoms. The summed E-state index contributed by atoms with van der Waals surface area (Å²) in [4.78, 5) is 12.5. The molecule has 104 valence electrons. The van der Waals surface area contributed by atoms with E-state index in [9.17, 15) is 4.79 Å². The number of amides is 1. The monoisotopic (exact) mass is 309 g/mol. The van der Waals surface area contributed by atoms with Crippen LogP contribution in [-0.4, -0.2) is 10.2 Å². The van der Waals surface area contributed by atoms with Crippen LogP contribution in [0.2, 0.25) is 0 Å². The highest BCUT2D eigenvalue weighted by Crippen LogP contribution is 2.64. The number of carbonyl (C=O) groups is 1. The van der Waals surface area contributed by atoms with Gasteiger partial charge in [-0.3, -0.25) is 4.79 Å². The molecule has 5 heteroatoms. The normalized spacial score (nSPS) is 23.3. The van der Waals surface area contributed by atoms with Crippen LogP contribution in [0.15, 0.2) is 53.1 Å². The van der Waals surface area contributed by atoms with Crippen molar-refractivity contribution in [2.75, 3.05) is 0 Å². The van der Waals surface area contributed by atoms with Crippen molar-refractivity contribution in [3.8, 4) is 0 Å². The van der Waals surface area contributed by atoms with Gasteiger partial charge in [0.25, 0.3) is 0 Å². The Labute approximate surface area is 126 Å². The highest BCUT2D eigenvalue weighted by molar-refractivity contribution is 6.54. The van der Waals surface area contributed by atoms with E-state index in [4.69, 9.17) is 27.6 Å². The van der Waals surface area contributed by atoms with Gasteiger partial charge in [-0.15, -0.1) is 23.2 Å². The average Bonchev–Trinajstić information content (AvgIpc) is 2.81. The summed E-state index contributed by atoms with van der Waals surface area (Å²) in [5, 5.41) is 2.84. The number of halogens is 2. The molecule has 2 aromatic rings. The Balaban J connectivity index is 1.80. The van der Waals surface area contributed by atoms with Crippen LogP contribution >= 0.6 is 23.2 Å². The highest BCUT2D eigenvalue weighted by Gasteiger charge is 2.72. The molecule has 0 saturated heterocycles. The fraction of sp³-hybridized carbons (Fsp3) is 0.267. The molecule has 1 atom stereocenters. The zero-order valence-electron chi connectivity index (χ0n) is 10.6. The Kier molecular flexibility index (Phi) is 3.27. The van der Waals surface area contributed by atoms with Crippen LogP contribution in [0.5, 0.6) is 0 Å². The van der Waals surface area contributed by atoms with Crippen molar-refractivity contribution in [3.05, 3.63) is 60.1 Å². The molecule has 1 heterocycles. The first kappa shape index (κ1) is 13.5. The fourth-order valence-electron chi connectivity index (χ4n) is 2.43. The van der Waals surface area contributed by atoms with Crippen molar-refractivity contribution in [3.63, 3.8) is 0 Å². The number of hydrogen-bond acceptors (Lipinski definition) is 2. The summed E-state index contributed by atoms with van der Waals surface area (Å²) in [5.41, 5.74) is -0.0359. The van der Waals surface area contributed by atoms with Crippen LogP contribution in [0.1, 0.15) is 17.7 Å². The summed E-state index contributed by atoms with van der Waals surface area (Å²) in [5.74, 6) is 0.516. The Morgan fingerprint density at radius 2 is 1.90 bits per heavy atom. The number of benzene rings is 1. The lowest BCUT2D eigenvalue weighted by Gasteiger charge is -2.18. The lowest BCUT2D eigenvalue weighted by atomic mass is 9.95. The van der Waals surface area contributed by atoms with Gasteiger partial charge in [-0.25, -0.2) is 0 Å². The minimum Gasteiger partial charge on any atom is -0.467 e. The summed E-state index contributed by atoms with van der Waals surface area (Å²) in [6.45, 7) is 0.324. The van der Waals surface area contributed by atoms with E-state index in [0.29, 0.717) is 18.7 Å². The fourth-order valence-corrected chi connectivity index (χ4v) is 3.22. The zero-order chi connectivity index (χ0) is 14.2. The lowest BCUT2D eigenvalue weighted by Crippen LogP contribution is -2.37. The molecule has 1 fully saturated rings. The molecule has 1 N–H and O–H groups in total. The molecule has 1 amide bonds. The number of furan rings is 1. The molecule has 1 aliphatic rings. The Bertz CT molecular complexity index is 610. The second-order valence-corrected chi connectivity index (χ2v) is 6.40. The predicted octanol–water partition coefficient (Wildman–Crippen LogP) is 3.41. The van der Waals surface area contributed by atoms with Gasteiger partial charge in [0.1, 0.15) is 15.5 Å². The van der Waals surface area contributed by atoms with Gasteiger partial charge in [-0.1, -0.05) is 30.3 Å². The second kappa shape index (κ2) is 4.83. The molecule has 1 saturated carbocycles. The van der Waals surface area contributed by atoms with Crippen LogP contribution in [0, 0.1) is 0 Å². The van der Waals surface area contributed by atoms with E-state index in [0.717, 1.165) is 5.56 Å². The number of hydrogen-bond donors (Lipinski definition) is 1. The van der Waals surface area contributed by atoms with Gasteiger partial charge in [0.2, 0.25) is 5.91 Å². The van der Waals surface area contributed by atoms with E-state index in [1.165, 1.54) is 0 Å². The van der Waals surface area contributed by atoms with Crippen LogP contribution in [0.3, 0.4) is 0 Å². The van der Waals surface area contributed by atoms with Crippen molar-refractivity contribution in [1.82, 2.24) is 5.32 Å². The first-order valence-corrected chi connectivity index (χ1v) is 7.06. The maximum atomic E-state index is 12.5. The van der Waals surface area contributed by atoms with E-state index in [1.807, 2.05) is 30.3 Å². The topological polar surface area (TPSA) is 42.2 Å². The van der Waals surface area contributed by atoms with E-state index in [2.05, 4.69) is 5.32 Å². The predicted molar refractivity (Wildman–Crippen MR) is 77.7 cm³/mol. The Morgan fingerprint density at radius 1 is 1.20 bits per heavy atom. The Hall–Kier alpha value is -1.45. The van der Waals surface area contributed by atoms with E-state index >= 15 is 0 Å². The van der Waals surface area contributed by atoms with Crippen molar-refractivity contribution >= 4 is 29.1 Å². The summed E-state index contributed by atoms with van der Waals surface area (Å²) < 4.78 is 4.14. The molecule has 0 unspecified atom stereocenters. The van der Waals surface area contributed by atoms with E-state index in [-0.39, 0.29) is 5.91 Å². The summed E-state index contributed by atoms with van der Waals surface area (Å²) in [6, 6.07) is 13.0. The minimum atomic E-state index is -1.05. The third-order valence-electron chi connectivity index (χ3n) is 3.64. The molecular formula is C15H13Cl2NO2. The van der Waals surface area contributed by atoms with Crippen LogP contribution in [-0.2, 0) is 16.8 Å². The van der Waals surface area contributed by atoms with E-state index < -0.39 is 9.75 Å². The van der Waals surface area contributed by atoms with Gasteiger partial charge in [0, 0.05) is 6.42 Å². The van der Waals surface area contributed by atoms with Crippen molar-refractivity contribution in [2.24, 2.45) is 0 Å². The molecule has 3 rings (SSSR count). The third-order valence-corrected chi connectivity index (χ3v) is 4.56. The minimum absolute atomic E-state index is 0.176. The van der Waals surface area contributed by atoms with Crippen molar-refractivity contribution < 1.29 is 9.21 Å². The maximum absolute atomic E-state index is 12.5. The number of alkyl halides is 2. The third kappa shape index (κ3) is 2.11. The SMILES string of the molecule is O=C(NCc1ccco1)[C@@]1(c2ccccc2)CC1(Cl)Cl. The molecule has 0 spiro atoms. The molecule has 20 heavy (non-hydrogen) atoms. The second-order valence-electron chi connectivity index (χ2n) is 4.91. The van der Waals surface area contributed by atoms with Gasteiger partial charge in [-0.05, 0) is 17.7 Å². The smallest absolute Gasteiger partial charge is 0.234 e. The zero-order valence-corrected chi connectivity index (χ0v) is 12.1. The van der Waals surface area contributed by atoms with Gasteiger partial charge in [-0.2, -0.15) is 0 Å². The lowest BCUT2D eigenvalue weighted by molar-refractivity contribution is -0.123. The molecule has 1 aromatic carbocycles. The number of nitrogens with one attached hydrogen (secondary N) is 1. The first-order valence-electron chi connectivity index (χ1n) is 6.30. The largest absolute Gasteiger partial charge is 0.467 e. The summed E-state index contributed by atoms with van der Waals surface area (Å²) in [7, 11) is 0. The summed E-state index contributed by atoms with van der Waals surface area (Å²) in [6.07, 6.45) is 1.98. The van der Waals surface area contributed by atoms with Crippen LogP contribution < -0.4 is 5.32 Å². The quantitative estimate of drug-likeness (QED) is 0.879. The average molecular weight is 310 g/mol. The maximum Gasteiger partial charge on any atom is 0.234 e. The van der Waals surface area contributed by atoms with Gasteiger partial charge >= 0.3 is 0 Å². The molecule has 0 radical (unpaired) electrons. The van der Waals surface area contributed by atoms with Crippen LogP contribution in [0.4, 0.5) is 0 Å². The molecule has 1 aromatic heterocycles. The first-order chi connectivity index (χ1) is 9.56.